The van der Waals surface area contributed by atoms with Gasteiger partial charge in [0, 0.05) is 30.0 Å². The van der Waals surface area contributed by atoms with Gasteiger partial charge in [0.1, 0.15) is 5.75 Å². The summed E-state index contributed by atoms with van der Waals surface area (Å²) in [5.74, 6) is 2.60. The van der Waals surface area contributed by atoms with E-state index in [-0.39, 0.29) is 11.7 Å². The fourth-order valence-electron chi connectivity index (χ4n) is 4.63. The van der Waals surface area contributed by atoms with Crippen LogP contribution in [0.3, 0.4) is 0 Å². The van der Waals surface area contributed by atoms with Crippen LogP contribution >= 0.6 is 0 Å². The van der Waals surface area contributed by atoms with E-state index < -0.39 is 0 Å². The molecule has 0 radical (unpaired) electrons. The Morgan fingerprint density at radius 3 is 2.69 bits per heavy atom. The molecule has 1 aliphatic rings. The van der Waals surface area contributed by atoms with Gasteiger partial charge in [-0.05, 0) is 70.3 Å². The van der Waals surface area contributed by atoms with Crippen LogP contribution in [0.5, 0.6) is 5.75 Å². The summed E-state index contributed by atoms with van der Waals surface area (Å²) < 4.78 is 12.9. The fraction of sp³-hybridized carbons (Fsp3) is 0.480. The largest absolute Gasteiger partial charge is 0.497 e. The van der Waals surface area contributed by atoms with Crippen molar-refractivity contribution in [2.45, 2.75) is 52.5 Å². The third kappa shape index (κ3) is 4.93. The average molecular weight is 437 g/mol. The maximum Gasteiger partial charge on any atom is 0.231 e. The maximum absolute atomic E-state index is 13.2. The van der Waals surface area contributed by atoms with Crippen molar-refractivity contribution in [2.24, 2.45) is 0 Å². The Balaban J connectivity index is 1.39. The number of piperidine rings is 1. The van der Waals surface area contributed by atoms with Gasteiger partial charge in [-0.3, -0.25) is 9.69 Å². The highest BCUT2D eigenvalue weighted by Gasteiger charge is 2.27. The number of hydrogen-bond donors (Lipinski definition) is 0. The van der Waals surface area contributed by atoms with E-state index in [1.165, 1.54) is 5.56 Å². The first-order chi connectivity index (χ1) is 15.4. The molecule has 1 unspecified atom stereocenters. The molecule has 3 heterocycles. The topological polar surface area (TPSA) is 73.4 Å². The Hall–Kier alpha value is -2.93. The standard InChI is InChI=1S/C25H32N4O3/c1-17-14-23(18(2)29(17)13-11-20-7-9-22(31-4)10-8-20)24(30)16-28-12-5-6-21(15-28)25-26-19(3)27-32-25/h7-10,14,21H,5-6,11-13,15-16H2,1-4H3. The smallest absolute Gasteiger partial charge is 0.231 e. The summed E-state index contributed by atoms with van der Waals surface area (Å²) in [6.07, 6.45) is 2.96. The second-order valence-electron chi connectivity index (χ2n) is 8.71. The van der Waals surface area contributed by atoms with Crippen molar-refractivity contribution in [3.05, 3.63) is 64.6 Å². The van der Waals surface area contributed by atoms with Gasteiger partial charge in [-0.2, -0.15) is 4.98 Å². The molecule has 2 aromatic heterocycles. The second-order valence-corrected chi connectivity index (χ2v) is 8.71. The van der Waals surface area contributed by atoms with E-state index in [2.05, 4.69) is 45.6 Å². The number of hydrogen-bond acceptors (Lipinski definition) is 6. The van der Waals surface area contributed by atoms with Gasteiger partial charge < -0.3 is 13.8 Å². The van der Waals surface area contributed by atoms with E-state index in [4.69, 9.17) is 9.26 Å². The first-order valence-electron chi connectivity index (χ1n) is 11.3. The molecule has 3 aromatic rings. The summed E-state index contributed by atoms with van der Waals surface area (Å²) in [6.45, 7) is 8.93. The summed E-state index contributed by atoms with van der Waals surface area (Å²) in [7, 11) is 1.68. The number of aryl methyl sites for hydroxylation is 3. The molecule has 0 N–H and O–H groups in total. The van der Waals surface area contributed by atoms with Gasteiger partial charge in [0.2, 0.25) is 5.89 Å². The highest BCUT2D eigenvalue weighted by molar-refractivity contribution is 5.99. The number of rotatable bonds is 8. The van der Waals surface area contributed by atoms with Crippen LogP contribution in [-0.4, -0.2) is 52.1 Å². The molecular formula is C25H32N4O3. The summed E-state index contributed by atoms with van der Waals surface area (Å²) >= 11 is 0. The summed E-state index contributed by atoms with van der Waals surface area (Å²) in [5.41, 5.74) is 4.24. The van der Waals surface area contributed by atoms with Crippen LogP contribution in [0.4, 0.5) is 0 Å². The monoisotopic (exact) mass is 436 g/mol. The Labute approximate surface area is 189 Å². The molecule has 1 aliphatic heterocycles. The third-order valence-electron chi connectivity index (χ3n) is 6.42. The SMILES string of the molecule is COc1ccc(CCn2c(C)cc(C(=O)CN3CCCC(c4nc(C)no4)C3)c2C)cc1. The molecule has 0 aliphatic carbocycles. The number of ether oxygens (including phenoxy) is 1. The van der Waals surface area contributed by atoms with Crippen molar-refractivity contribution in [3.8, 4) is 5.75 Å². The van der Waals surface area contributed by atoms with Crippen LogP contribution < -0.4 is 4.74 Å². The number of benzene rings is 1. The van der Waals surface area contributed by atoms with Crippen LogP contribution in [0.25, 0.3) is 0 Å². The Morgan fingerprint density at radius 2 is 2.00 bits per heavy atom. The zero-order chi connectivity index (χ0) is 22.7. The van der Waals surface area contributed by atoms with Crippen molar-refractivity contribution in [1.29, 1.82) is 0 Å². The first-order valence-corrected chi connectivity index (χ1v) is 11.3. The molecule has 32 heavy (non-hydrogen) atoms. The lowest BCUT2D eigenvalue weighted by Crippen LogP contribution is -2.38. The van der Waals surface area contributed by atoms with E-state index in [1.54, 1.807) is 7.11 Å². The lowest BCUT2D eigenvalue weighted by atomic mass is 9.97. The van der Waals surface area contributed by atoms with Crippen molar-refractivity contribution in [2.75, 3.05) is 26.7 Å². The zero-order valence-electron chi connectivity index (χ0n) is 19.4. The number of carbonyl (C=O) groups is 1. The van der Waals surface area contributed by atoms with Crippen molar-refractivity contribution < 1.29 is 14.1 Å². The number of methoxy groups -OCH3 is 1. The number of carbonyl (C=O) groups excluding carboxylic acids is 1. The number of nitrogens with zero attached hydrogens (tertiary/aromatic N) is 4. The van der Waals surface area contributed by atoms with Crippen LogP contribution in [-0.2, 0) is 13.0 Å². The molecule has 0 amide bonds. The minimum Gasteiger partial charge on any atom is -0.497 e. The molecule has 170 valence electrons. The molecule has 0 saturated carbocycles. The molecule has 1 saturated heterocycles. The predicted octanol–water partition coefficient (Wildman–Crippen LogP) is 4.11. The Morgan fingerprint density at radius 1 is 1.22 bits per heavy atom. The van der Waals surface area contributed by atoms with Crippen molar-refractivity contribution in [1.82, 2.24) is 19.6 Å². The fourth-order valence-corrected chi connectivity index (χ4v) is 4.63. The molecule has 1 aromatic carbocycles. The van der Waals surface area contributed by atoms with Crippen molar-refractivity contribution >= 4 is 5.78 Å². The lowest BCUT2D eigenvalue weighted by Gasteiger charge is -2.30. The molecule has 4 rings (SSSR count). The predicted molar refractivity (Wildman–Crippen MR) is 122 cm³/mol. The summed E-state index contributed by atoms with van der Waals surface area (Å²) in [4.78, 5) is 19.8. The first kappa shape index (κ1) is 22.3. The summed E-state index contributed by atoms with van der Waals surface area (Å²) in [5, 5.41) is 3.92. The highest BCUT2D eigenvalue weighted by Crippen LogP contribution is 2.26. The van der Waals surface area contributed by atoms with E-state index in [9.17, 15) is 4.79 Å². The van der Waals surface area contributed by atoms with Crippen LogP contribution in [0.1, 0.15) is 57.8 Å². The van der Waals surface area contributed by atoms with Gasteiger partial charge in [0.25, 0.3) is 0 Å². The molecule has 7 nitrogen and oxygen atoms in total. The minimum atomic E-state index is 0.177. The number of ketones is 1. The van der Waals surface area contributed by atoms with Gasteiger partial charge in [0.15, 0.2) is 11.6 Å². The van der Waals surface area contributed by atoms with E-state index in [0.29, 0.717) is 18.3 Å². The number of likely N-dealkylation sites (tertiary alicyclic amines) is 1. The van der Waals surface area contributed by atoms with Crippen LogP contribution in [0.15, 0.2) is 34.9 Å². The highest BCUT2D eigenvalue weighted by atomic mass is 16.5. The number of Topliss-reactive ketones (excluding diaryl/α,β-unsaturated/α-hetero) is 1. The number of aromatic nitrogens is 3. The summed E-state index contributed by atoms with van der Waals surface area (Å²) in [6, 6.07) is 10.2. The minimum absolute atomic E-state index is 0.177. The van der Waals surface area contributed by atoms with E-state index in [0.717, 1.165) is 61.6 Å². The quantitative estimate of drug-likeness (QED) is 0.495. The van der Waals surface area contributed by atoms with Crippen LogP contribution in [0.2, 0.25) is 0 Å². The van der Waals surface area contributed by atoms with Crippen molar-refractivity contribution in [3.63, 3.8) is 0 Å². The molecule has 0 bridgehead atoms. The molecular weight excluding hydrogens is 404 g/mol. The Bertz CT molecular complexity index is 1070. The van der Waals surface area contributed by atoms with Gasteiger partial charge in [-0.15, -0.1) is 0 Å². The van der Waals surface area contributed by atoms with Gasteiger partial charge in [0.05, 0.1) is 19.6 Å². The van der Waals surface area contributed by atoms with Crippen LogP contribution in [0, 0.1) is 20.8 Å². The third-order valence-corrected chi connectivity index (χ3v) is 6.42. The normalized spacial score (nSPS) is 16.9. The second kappa shape index (κ2) is 9.69. The lowest BCUT2D eigenvalue weighted by molar-refractivity contribution is 0.0898. The molecule has 1 fully saturated rings. The van der Waals surface area contributed by atoms with Gasteiger partial charge in [-0.25, -0.2) is 0 Å². The molecule has 7 heteroatoms. The molecule has 1 atom stereocenters. The van der Waals surface area contributed by atoms with E-state index >= 15 is 0 Å². The van der Waals surface area contributed by atoms with E-state index in [1.807, 2.05) is 25.1 Å². The average Bonchev–Trinajstić information content (AvgIpc) is 3.35. The molecule has 0 spiro atoms. The Kier molecular flexibility index (Phi) is 6.74. The zero-order valence-corrected chi connectivity index (χ0v) is 19.4. The maximum atomic E-state index is 13.2. The van der Waals surface area contributed by atoms with Gasteiger partial charge >= 0.3 is 0 Å². The van der Waals surface area contributed by atoms with Gasteiger partial charge in [-0.1, -0.05) is 17.3 Å².